The van der Waals surface area contributed by atoms with Crippen molar-refractivity contribution in [2.45, 2.75) is 50.6 Å². The molecule has 3 aromatic rings. The predicted molar refractivity (Wildman–Crippen MR) is 144 cm³/mol. The number of rotatable bonds is 11. The number of carbonyl (C=O) groups excluding carboxylic acids is 2. The van der Waals surface area contributed by atoms with E-state index in [2.05, 4.69) is 5.32 Å². The zero-order chi connectivity index (χ0) is 26.6. The third kappa shape index (κ3) is 5.41. The summed E-state index contributed by atoms with van der Waals surface area (Å²) in [6.45, 7) is 4.66. The quantitative estimate of drug-likeness (QED) is 0.409. The Morgan fingerprint density at radius 3 is 2.43 bits per heavy atom. The standard InChI is InChI=1S/C28H33N3O5S/c1-4-17-29-28(33)20(2)30(19-21-13-15-23(36-3)16-14-21)26(32)12-7-18-31-24-10-5-8-22-9-6-11-25(27(22)24)37(31,34)35/h5-6,8-11,13-16,20H,4,7,12,17-19H2,1-3H3,(H,29,33). The molecule has 0 aromatic heterocycles. The lowest BCUT2D eigenvalue weighted by Gasteiger charge is -2.29. The number of methoxy groups -OCH3 is 1. The van der Waals surface area contributed by atoms with E-state index in [4.69, 9.17) is 4.74 Å². The molecular weight excluding hydrogens is 490 g/mol. The molecule has 1 aliphatic heterocycles. The lowest BCUT2D eigenvalue weighted by Crippen LogP contribution is -2.47. The summed E-state index contributed by atoms with van der Waals surface area (Å²) in [5.74, 6) is 0.286. The number of benzene rings is 3. The van der Waals surface area contributed by atoms with Gasteiger partial charge in [-0.25, -0.2) is 8.42 Å². The molecule has 0 saturated heterocycles. The zero-order valence-corrected chi connectivity index (χ0v) is 22.3. The number of amides is 2. The number of carbonyl (C=O) groups is 2. The fourth-order valence-electron chi connectivity index (χ4n) is 4.62. The smallest absolute Gasteiger partial charge is 0.265 e. The van der Waals surface area contributed by atoms with Gasteiger partial charge in [-0.05, 0) is 55.0 Å². The van der Waals surface area contributed by atoms with Crippen LogP contribution in [0.2, 0.25) is 0 Å². The Bertz CT molecular complexity index is 1380. The Labute approximate surface area is 218 Å². The molecule has 8 nitrogen and oxygen atoms in total. The first-order chi connectivity index (χ1) is 17.8. The fourth-order valence-corrected chi connectivity index (χ4v) is 6.37. The third-order valence-electron chi connectivity index (χ3n) is 6.66. The third-order valence-corrected chi connectivity index (χ3v) is 8.52. The Balaban J connectivity index is 1.48. The molecule has 1 atom stereocenters. The molecular formula is C28H33N3O5S. The molecule has 0 radical (unpaired) electrons. The molecule has 3 aromatic carbocycles. The lowest BCUT2D eigenvalue weighted by atomic mass is 10.1. The molecule has 4 rings (SSSR count). The van der Waals surface area contributed by atoms with E-state index in [0.717, 1.165) is 22.8 Å². The summed E-state index contributed by atoms with van der Waals surface area (Å²) >= 11 is 0. The van der Waals surface area contributed by atoms with Crippen LogP contribution < -0.4 is 14.4 Å². The van der Waals surface area contributed by atoms with Crippen molar-refractivity contribution >= 4 is 38.3 Å². The summed E-state index contributed by atoms with van der Waals surface area (Å²) in [6.07, 6.45) is 1.23. The molecule has 196 valence electrons. The molecule has 1 N–H and O–H groups in total. The molecule has 0 bridgehead atoms. The van der Waals surface area contributed by atoms with Crippen LogP contribution in [0.15, 0.2) is 65.6 Å². The van der Waals surface area contributed by atoms with Crippen molar-refractivity contribution in [2.75, 3.05) is 24.5 Å². The molecule has 0 spiro atoms. The maximum absolute atomic E-state index is 13.4. The number of anilines is 1. The van der Waals surface area contributed by atoms with E-state index in [-0.39, 0.29) is 31.3 Å². The number of ether oxygens (including phenoxy) is 1. The van der Waals surface area contributed by atoms with Crippen LogP contribution in [0.4, 0.5) is 5.69 Å². The van der Waals surface area contributed by atoms with Gasteiger partial charge in [0.1, 0.15) is 11.8 Å². The van der Waals surface area contributed by atoms with Gasteiger partial charge in [-0.1, -0.05) is 43.3 Å². The van der Waals surface area contributed by atoms with E-state index in [1.54, 1.807) is 37.1 Å². The van der Waals surface area contributed by atoms with Crippen molar-refractivity contribution in [3.05, 3.63) is 66.2 Å². The molecule has 9 heteroatoms. The topological polar surface area (TPSA) is 96.0 Å². The number of hydrogen-bond acceptors (Lipinski definition) is 5. The Morgan fingerprint density at radius 1 is 1.05 bits per heavy atom. The average Bonchev–Trinajstić information content (AvgIpc) is 3.13. The van der Waals surface area contributed by atoms with Gasteiger partial charge in [0.05, 0.1) is 17.7 Å². The summed E-state index contributed by atoms with van der Waals surface area (Å²) in [4.78, 5) is 28.0. The van der Waals surface area contributed by atoms with E-state index in [0.29, 0.717) is 29.3 Å². The summed E-state index contributed by atoms with van der Waals surface area (Å²) in [7, 11) is -2.09. The molecule has 0 aliphatic carbocycles. The van der Waals surface area contributed by atoms with Gasteiger partial charge >= 0.3 is 0 Å². The Hall–Kier alpha value is -3.59. The van der Waals surface area contributed by atoms with Gasteiger partial charge in [-0.15, -0.1) is 0 Å². The highest BCUT2D eigenvalue weighted by molar-refractivity contribution is 7.93. The van der Waals surface area contributed by atoms with Crippen LogP contribution in [0.3, 0.4) is 0 Å². The van der Waals surface area contributed by atoms with Gasteiger partial charge in [-0.3, -0.25) is 13.9 Å². The first kappa shape index (κ1) is 26.5. The number of hydrogen-bond donors (Lipinski definition) is 1. The molecule has 1 aliphatic rings. The Morgan fingerprint density at radius 2 is 1.76 bits per heavy atom. The SMILES string of the molecule is CCCNC(=O)C(C)N(Cc1ccc(OC)cc1)C(=O)CCCN1c2cccc3cccc(c23)S1(=O)=O. The van der Waals surface area contributed by atoms with Gasteiger partial charge in [0.25, 0.3) is 10.0 Å². The molecule has 2 amide bonds. The summed E-state index contributed by atoms with van der Waals surface area (Å²) in [5.41, 5.74) is 1.51. The minimum absolute atomic E-state index is 0.111. The molecule has 1 heterocycles. The van der Waals surface area contributed by atoms with Crippen molar-refractivity contribution in [1.82, 2.24) is 10.2 Å². The molecule has 1 unspecified atom stereocenters. The normalized spacial score (nSPS) is 14.4. The van der Waals surface area contributed by atoms with Crippen LogP contribution in [0.25, 0.3) is 10.8 Å². The van der Waals surface area contributed by atoms with Crippen molar-refractivity contribution in [3.63, 3.8) is 0 Å². The zero-order valence-electron chi connectivity index (χ0n) is 21.4. The fraction of sp³-hybridized carbons (Fsp3) is 0.357. The van der Waals surface area contributed by atoms with Crippen molar-refractivity contribution in [2.24, 2.45) is 0 Å². The van der Waals surface area contributed by atoms with E-state index in [1.807, 2.05) is 49.4 Å². The van der Waals surface area contributed by atoms with Gasteiger partial charge in [0, 0.05) is 31.4 Å². The first-order valence-electron chi connectivity index (χ1n) is 12.5. The second-order valence-electron chi connectivity index (χ2n) is 9.15. The number of nitrogens with zero attached hydrogens (tertiary/aromatic N) is 2. The van der Waals surface area contributed by atoms with Crippen LogP contribution in [0.1, 0.15) is 38.7 Å². The van der Waals surface area contributed by atoms with Crippen molar-refractivity contribution < 1.29 is 22.7 Å². The Kier molecular flexibility index (Phi) is 8.02. The molecule has 0 fully saturated rings. The second kappa shape index (κ2) is 11.2. The average molecular weight is 524 g/mol. The summed E-state index contributed by atoms with van der Waals surface area (Å²) < 4.78 is 33.1. The first-order valence-corrected chi connectivity index (χ1v) is 14.0. The van der Waals surface area contributed by atoms with Crippen molar-refractivity contribution in [1.29, 1.82) is 0 Å². The van der Waals surface area contributed by atoms with E-state index in [1.165, 1.54) is 4.31 Å². The second-order valence-corrected chi connectivity index (χ2v) is 11.0. The number of nitrogens with one attached hydrogen (secondary N) is 1. The van der Waals surface area contributed by atoms with Gasteiger partial charge < -0.3 is 15.0 Å². The van der Waals surface area contributed by atoms with E-state index in [9.17, 15) is 18.0 Å². The van der Waals surface area contributed by atoms with Gasteiger partial charge in [0.2, 0.25) is 11.8 Å². The minimum Gasteiger partial charge on any atom is -0.497 e. The van der Waals surface area contributed by atoms with Crippen molar-refractivity contribution in [3.8, 4) is 5.75 Å². The van der Waals surface area contributed by atoms with Crippen LogP contribution in [-0.2, 0) is 26.2 Å². The van der Waals surface area contributed by atoms with Crippen LogP contribution in [0, 0.1) is 0 Å². The van der Waals surface area contributed by atoms with Crippen LogP contribution in [0.5, 0.6) is 5.75 Å². The summed E-state index contributed by atoms with van der Waals surface area (Å²) in [6, 6.07) is 17.5. The maximum atomic E-state index is 13.4. The number of sulfonamides is 1. The van der Waals surface area contributed by atoms with E-state index < -0.39 is 16.1 Å². The highest BCUT2D eigenvalue weighted by Gasteiger charge is 2.35. The largest absolute Gasteiger partial charge is 0.497 e. The van der Waals surface area contributed by atoms with Gasteiger partial charge in [0.15, 0.2) is 0 Å². The van der Waals surface area contributed by atoms with Crippen LogP contribution in [-0.4, -0.2) is 51.4 Å². The lowest BCUT2D eigenvalue weighted by molar-refractivity contribution is -0.140. The van der Waals surface area contributed by atoms with Gasteiger partial charge in [-0.2, -0.15) is 0 Å². The predicted octanol–water partition coefficient (Wildman–Crippen LogP) is 4.08. The molecule has 0 saturated carbocycles. The van der Waals surface area contributed by atoms with Crippen LogP contribution >= 0.6 is 0 Å². The maximum Gasteiger partial charge on any atom is 0.265 e. The molecule has 37 heavy (non-hydrogen) atoms. The van der Waals surface area contributed by atoms with E-state index >= 15 is 0 Å². The highest BCUT2D eigenvalue weighted by Crippen LogP contribution is 2.42. The highest BCUT2D eigenvalue weighted by atomic mass is 32.2. The minimum atomic E-state index is -3.68. The summed E-state index contributed by atoms with van der Waals surface area (Å²) in [5, 5.41) is 4.46. The monoisotopic (exact) mass is 523 g/mol.